The molecule has 1 aromatic rings. The van der Waals surface area contributed by atoms with Crippen molar-refractivity contribution in [2.45, 2.75) is 13.3 Å². The molecule has 0 bridgehead atoms. The van der Waals surface area contributed by atoms with Gasteiger partial charge in [-0.15, -0.1) is 0 Å². The molecule has 0 aliphatic rings. The quantitative estimate of drug-likeness (QED) is 0.727. The summed E-state index contributed by atoms with van der Waals surface area (Å²) in [4.78, 5) is 31.0. The first kappa shape index (κ1) is 12.2. The van der Waals surface area contributed by atoms with E-state index in [9.17, 15) is 9.59 Å². The van der Waals surface area contributed by atoms with Crippen LogP contribution in [0.1, 0.15) is 12.5 Å². The number of esters is 1. The minimum atomic E-state index is -0.424. The van der Waals surface area contributed by atoms with Crippen molar-refractivity contribution < 1.29 is 9.53 Å². The highest BCUT2D eigenvalue weighted by Gasteiger charge is 2.09. The first-order valence-corrected chi connectivity index (χ1v) is 4.95. The first-order chi connectivity index (χ1) is 7.54. The van der Waals surface area contributed by atoms with Crippen LogP contribution in [0.25, 0.3) is 0 Å². The Kier molecular flexibility index (Phi) is 4.04. The van der Waals surface area contributed by atoms with Gasteiger partial charge in [-0.2, -0.15) is 0 Å². The van der Waals surface area contributed by atoms with Crippen LogP contribution in [-0.2, 0) is 16.0 Å². The van der Waals surface area contributed by atoms with E-state index in [1.807, 2.05) is 0 Å². The van der Waals surface area contributed by atoms with Gasteiger partial charge >= 0.3 is 5.97 Å². The number of hydrogen-bond donors (Lipinski definition) is 1. The molecule has 6 heteroatoms. The highest BCUT2D eigenvalue weighted by atomic mass is 16.5. The summed E-state index contributed by atoms with van der Waals surface area (Å²) in [5, 5.41) is 0. The molecular formula is C10H15N3O3. The Morgan fingerprint density at radius 1 is 1.56 bits per heavy atom. The lowest BCUT2D eigenvalue weighted by Gasteiger charge is -2.10. The highest BCUT2D eigenvalue weighted by molar-refractivity contribution is 5.72. The van der Waals surface area contributed by atoms with E-state index < -0.39 is 5.97 Å². The molecule has 0 aliphatic heterocycles. The molecule has 0 unspecified atom stereocenters. The van der Waals surface area contributed by atoms with Crippen LogP contribution in [0.5, 0.6) is 0 Å². The Bertz CT molecular complexity index is 426. The number of ether oxygens (including phenoxy) is 1. The summed E-state index contributed by atoms with van der Waals surface area (Å²) < 4.78 is 4.75. The van der Waals surface area contributed by atoms with Crippen molar-refractivity contribution >= 4 is 11.9 Å². The Balaban J connectivity index is 2.83. The van der Waals surface area contributed by atoms with E-state index in [-0.39, 0.29) is 12.0 Å². The number of H-pyrrole nitrogens is 1. The largest absolute Gasteiger partial charge is 0.466 e. The molecule has 0 aliphatic carbocycles. The second kappa shape index (κ2) is 5.29. The molecule has 0 saturated carbocycles. The molecule has 1 rings (SSSR count). The molecule has 6 nitrogen and oxygen atoms in total. The molecule has 0 aromatic carbocycles. The SMILES string of the molecule is CCOC(=O)Cc1cnc(N(C)C)[nH]c1=O. The molecule has 0 amide bonds. The zero-order chi connectivity index (χ0) is 12.1. The zero-order valence-electron chi connectivity index (χ0n) is 9.61. The van der Waals surface area contributed by atoms with Crippen LogP contribution in [0.3, 0.4) is 0 Å². The van der Waals surface area contributed by atoms with Crippen molar-refractivity contribution in [2.75, 3.05) is 25.6 Å². The minimum Gasteiger partial charge on any atom is -0.466 e. The van der Waals surface area contributed by atoms with Crippen molar-refractivity contribution in [3.63, 3.8) is 0 Å². The molecule has 88 valence electrons. The number of rotatable bonds is 4. The molecule has 16 heavy (non-hydrogen) atoms. The fraction of sp³-hybridized carbons (Fsp3) is 0.500. The molecule has 0 atom stereocenters. The Hall–Kier alpha value is -1.85. The topological polar surface area (TPSA) is 75.3 Å². The van der Waals surface area contributed by atoms with E-state index in [2.05, 4.69) is 9.97 Å². The van der Waals surface area contributed by atoms with Crippen molar-refractivity contribution in [1.82, 2.24) is 9.97 Å². The van der Waals surface area contributed by atoms with Gasteiger partial charge in [-0.05, 0) is 6.92 Å². The highest BCUT2D eigenvalue weighted by Crippen LogP contribution is 1.99. The molecule has 0 spiro atoms. The van der Waals surface area contributed by atoms with Crippen LogP contribution in [0.15, 0.2) is 11.0 Å². The van der Waals surface area contributed by atoms with E-state index in [0.717, 1.165) is 0 Å². The normalized spacial score (nSPS) is 9.94. The van der Waals surface area contributed by atoms with Crippen LogP contribution in [-0.4, -0.2) is 36.6 Å². The standard InChI is InChI=1S/C10H15N3O3/c1-4-16-8(14)5-7-6-11-10(13(2)3)12-9(7)15/h6H,4-5H2,1-3H3,(H,11,12,15). The summed E-state index contributed by atoms with van der Waals surface area (Å²) in [6, 6.07) is 0. The lowest BCUT2D eigenvalue weighted by atomic mass is 10.2. The maximum absolute atomic E-state index is 11.6. The van der Waals surface area contributed by atoms with Crippen LogP contribution in [0.4, 0.5) is 5.95 Å². The third-order valence-electron chi connectivity index (χ3n) is 1.92. The molecule has 1 aromatic heterocycles. The molecular weight excluding hydrogens is 210 g/mol. The Morgan fingerprint density at radius 3 is 2.75 bits per heavy atom. The summed E-state index contributed by atoms with van der Waals surface area (Å²) in [6.45, 7) is 2.02. The minimum absolute atomic E-state index is 0.0517. The third kappa shape index (κ3) is 3.08. The van der Waals surface area contributed by atoms with E-state index in [0.29, 0.717) is 18.1 Å². The molecule has 0 fully saturated rings. The van der Waals surface area contributed by atoms with Crippen LogP contribution in [0.2, 0.25) is 0 Å². The third-order valence-corrected chi connectivity index (χ3v) is 1.92. The smallest absolute Gasteiger partial charge is 0.310 e. The number of aromatic amines is 1. The van der Waals surface area contributed by atoms with E-state index in [1.54, 1.807) is 25.9 Å². The number of anilines is 1. The predicted octanol–water partition coefficient (Wildman–Crippen LogP) is -0.0585. The van der Waals surface area contributed by atoms with Gasteiger partial charge in [-0.3, -0.25) is 14.6 Å². The summed E-state index contributed by atoms with van der Waals surface area (Å²) in [7, 11) is 3.53. The molecule has 1 N–H and O–H groups in total. The monoisotopic (exact) mass is 225 g/mol. The lowest BCUT2D eigenvalue weighted by Crippen LogP contribution is -2.23. The van der Waals surface area contributed by atoms with Gasteiger partial charge < -0.3 is 9.64 Å². The van der Waals surface area contributed by atoms with Gasteiger partial charge in [0.2, 0.25) is 5.95 Å². The predicted molar refractivity (Wildman–Crippen MR) is 59.5 cm³/mol. The fourth-order valence-corrected chi connectivity index (χ4v) is 1.13. The van der Waals surface area contributed by atoms with E-state index in [1.165, 1.54) is 6.20 Å². The van der Waals surface area contributed by atoms with Crippen molar-refractivity contribution in [1.29, 1.82) is 0 Å². The number of carbonyl (C=O) groups excluding carboxylic acids is 1. The number of hydrogen-bond acceptors (Lipinski definition) is 5. The molecule has 0 saturated heterocycles. The Labute approximate surface area is 93.3 Å². The van der Waals surface area contributed by atoms with Gasteiger partial charge in [0.15, 0.2) is 0 Å². The van der Waals surface area contributed by atoms with Crippen molar-refractivity contribution in [2.24, 2.45) is 0 Å². The van der Waals surface area contributed by atoms with Gasteiger partial charge in [-0.25, -0.2) is 4.98 Å². The number of nitrogens with one attached hydrogen (secondary N) is 1. The van der Waals surface area contributed by atoms with Crippen molar-refractivity contribution in [3.8, 4) is 0 Å². The zero-order valence-corrected chi connectivity index (χ0v) is 9.61. The van der Waals surface area contributed by atoms with Gasteiger partial charge in [0.05, 0.1) is 13.0 Å². The summed E-state index contributed by atoms with van der Waals surface area (Å²) in [5.41, 5.74) is -0.00389. The molecule has 1 heterocycles. The van der Waals surface area contributed by atoms with Crippen molar-refractivity contribution in [3.05, 3.63) is 22.1 Å². The summed E-state index contributed by atoms with van der Waals surface area (Å²) in [6.07, 6.45) is 1.34. The van der Waals surface area contributed by atoms with Gasteiger partial charge in [0.1, 0.15) is 0 Å². The lowest BCUT2D eigenvalue weighted by molar-refractivity contribution is -0.142. The average molecular weight is 225 g/mol. The molecule has 0 radical (unpaired) electrons. The van der Waals surface area contributed by atoms with E-state index in [4.69, 9.17) is 4.74 Å². The van der Waals surface area contributed by atoms with Gasteiger partial charge in [0, 0.05) is 25.9 Å². The summed E-state index contributed by atoms with van der Waals surface area (Å²) >= 11 is 0. The Morgan fingerprint density at radius 2 is 2.25 bits per heavy atom. The van der Waals surface area contributed by atoms with Crippen LogP contribution >= 0.6 is 0 Å². The van der Waals surface area contributed by atoms with E-state index >= 15 is 0 Å². The van der Waals surface area contributed by atoms with Gasteiger partial charge in [0.25, 0.3) is 5.56 Å². The number of aromatic nitrogens is 2. The second-order valence-corrected chi connectivity index (χ2v) is 3.44. The average Bonchev–Trinajstić information content (AvgIpc) is 2.21. The second-order valence-electron chi connectivity index (χ2n) is 3.44. The number of carbonyl (C=O) groups is 1. The van der Waals surface area contributed by atoms with Crippen LogP contribution < -0.4 is 10.5 Å². The maximum Gasteiger partial charge on any atom is 0.310 e. The maximum atomic E-state index is 11.6. The summed E-state index contributed by atoms with van der Waals surface area (Å²) in [5.74, 6) is 0.0324. The van der Waals surface area contributed by atoms with Gasteiger partial charge in [-0.1, -0.05) is 0 Å². The first-order valence-electron chi connectivity index (χ1n) is 4.95. The fourth-order valence-electron chi connectivity index (χ4n) is 1.13. The number of nitrogens with zero attached hydrogens (tertiary/aromatic N) is 2. The van der Waals surface area contributed by atoms with Crippen LogP contribution in [0, 0.1) is 0 Å².